The number of carboxylic acids is 1. The zero-order valence-electron chi connectivity index (χ0n) is 28.9. The molecule has 0 spiro atoms. The molecule has 0 aliphatic carbocycles. The largest absolute Gasteiger partial charge is 0.512 e. The lowest BCUT2D eigenvalue weighted by atomic mass is 9.85. The molecule has 0 unspecified atom stereocenters. The summed E-state index contributed by atoms with van der Waals surface area (Å²) in [5.41, 5.74) is -0.582. The zero-order chi connectivity index (χ0) is 33.8. The number of rotatable bonds is 21. The molecule has 256 valence electrons. The predicted molar refractivity (Wildman–Crippen MR) is 175 cm³/mol. The maximum atomic E-state index is 12.8. The van der Waals surface area contributed by atoms with Gasteiger partial charge in [0.05, 0.1) is 35.8 Å². The van der Waals surface area contributed by atoms with Crippen LogP contribution in [0.25, 0.3) is 0 Å². The van der Waals surface area contributed by atoms with Gasteiger partial charge < -0.3 is 30.3 Å². The molecular weight excluding hydrogens is 560 g/mol. The van der Waals surface area contributed by atoms with Crippen molar-refractivity contribution in [2.24, 2.45) is 41.4 Å². The van der Waals surface area contributed by atoms with Gasteiger partial charge >= 0.3 is 5.97 Å². The number of aliphatic hydroxyl groups is 4. The summed E-state index contributed by atoms with van der Waals surface area (Å²) in [6, 6.07) is 0. The van der Waals surface area contributed by atoms with Crippen LogP contribution >= 0.6 is 0 Å². The lowest BCUT2D eigenvalue weighted by Crippen LogP contribution is -2.39. The van der Waals surface area contributed by atoms with Crippen molar-refractivity contribution in [3.8, 4) is 0 Å². The Labute approximate surface area is 267 Å². The third-order valence-corrected chi connectivity index (χ3v) is 9.90. The van der Waals surface area contributed by atoms with Crippen molar-refractivity contribution in [3.05, 3.63) is 24.0 Å². The molecule has 1 aliphatic heterocycles. The Bertz CT molecular complexity index is 929. The Balaban J connectivity index is 2.49. The SMILES string of the molecule is C[C@H](CCC(=O)O)C[C@H](C)C[C@H](C)C(=O)/C=C(\O)[C@H](C)C[C@H](C)C/C=C/[C@@H](C)[C@@H](O)[C@@H](C)[C@@H](O)C[C@H]1CC[C@@](C)([C@@H](C)O)O1. The van der Waals surface area contributed by atoms with E-state index in [9.17, 15) is 30.0 Å². The maximum absolute atomic E-state index is 12.8. The van der Waals surface area contributed by atoms with Crippen molar-refractivity contribution < 1.29 is 39.9 Å². The number of allylic oxidation sites excluding steroid dienone is 3. The smallest absolute Gasteiger partial charge is 0.303 e. The van der Waals surface area contributed by atoms with Crippen molar-refractivity contribution in [2.45, 2.75) is 150 Å². The van der Waals surface area contributed by atoms with Gasteiger partial charge in [-0.3, -0.25) is 9.59 Å². The lowest BCUT2D eigenvalue weighted by molar-refractivity contribution is -0.137. The molecule has 12 atom stereocenters. The van der Waals surface area contributed by atoms with Crippen molar-refractivity contribution in [1.82, 2.24) is 0 Å². The first-order chi connectivity index (χ1) is 20.4. The van der Waals surface area contributed by atoms with Gasteiger partial charge in [0.25, 0.3) is 0 Å². The van der Waals surface area contributed by atoms with E-state index in [-0.39, 0.29) is 65.5 Å². The normalized spacial score (nSPS) is 26.4. The predicted octanol–water partition coefficient (Wildman–Crippen LogP) is 6.86. The number of ether oxygens (including phenoxy) is 1. The maximum Gasteiger partial charge on any atom is 0.303 e. The Morgan fingerprint density at radius 1 is 0.886 bits per heavy atom. The van der Waals surface area contributed by atoms with E-state index in [1.54, 1.807) is 6.92 Å². The molecule has 8 nitrogen and oxygen atoms in total. The molecule has 0 aromatic heterocycles. The van der Waals surface area contributed by atoms with Gasteiger partial charge in [-0.25, -0.2) is 0 Å². The summed E-state index contributed by atoms with van der Waals surface area (Å²) in [6.07, 6.45) is 9.08. The molecule has 1 fully saturated rings. The van der Waals surface area contributed by atoms with E-state index in [4.69, 9.17) is 9.84 Å². The molecule has 0 radical (unpaired) electrons. The van der Waals surface area contributed by atoms with E-state index in [0.29, 0.717) is 25.7 Å². The van der Waals surface area contributed by atoms with Gasteiger partial charge in [0.1, 0.15) is 0 Å². The van der Waals surface area contributed by atoms with Crippen LogP contribution in [0, 0.1) is 41.4 Å². The average molecular weight is 625 g/mol. The van der Waals surface area contributed by atoms with Crippen LogP contribution in [-0.4, -0.2) is 67.3 Å². The molecule has 0 bridgehead atoms. The molecule has 1 heterocycles. The van der Waals surface area contributed by atoms with E-state index in [0.717, 1.165) is 25.7 Å². The number of hydrogen-bond donors (Lipinski definition) is 5. The minimum absolute atomic E-state index is 0.0810. The Kier molecular flexibility index (Phi) is 17.4. The first kappa shape index (κ1) is 40.3. The standard InChI is InChI=1S/C36H64O8/c1-22(18-26(5)31(38)21-32(39)27(6)19-24(3)17-23(2)13-14-34(41)42)11-10-12-25(4)35(43)28(7)33(40)20-30-15-16-36(9,44-30)29(8)37/h10,12,21-30,33,35,37-38,40,43H,11,13-20H2,1-9H3,(H,41,42)/b12-10+,31-21-/t22-,23-,24+,25-,26-,27+,28+,29-,30-,33+,35-,36+/m1/s1. The number of carbonyl (C=O) groups excluding carboxylic acids is 1. The minimum atomic E-state index is -0.781. The fourth-order valence-corrected chi connectivity index (χ4v) is 6.49. The highest BCUT2D eigenvalue weighted by Crippen LogP contribution is 2.36. The van der Waals surface area contributed by atoms with Gasteiger partial charge in [0.15, 0.2) is 5.78 Å². The van der Waals surface area contributed by atoms with Crippen LogP contribution in [0.2, 0.25) is 0 Å². The molecule has 0 aromatic rings. The summed E-state index contributed by atoms with van der Waals surface area (Å²) < 4.78 is 6.02. The highest BCUT2D eigenvalue weighted by atomic mass is 16.5. The zero-order valence-corrected chi connectivity index (χ0v) is 28.9. The van der Waals surface area contributed by atoms with Gasteiger partial charge in [0, 0.05) is 36.2 Å². The number of hydrogen-bond acceptors (Lipinski definition) is 7. The second-order valence-electron chi connectivity index (χ2n) is 14.7. The van der Waals surface area contributed by atoms with Gasteiger partial charge in [-0.05, 0) is 83.0 Å². The Morgan fingerprint density at radius 3 is 2.07 bits per heavy atom. The minimum Gasteiger partial charge on any atom is -0.512 e. The fourth-order valence-electron chi connectivity index (χ4n) is 6.49. The third-order valence-electron chi connectivity index (χ3n) is 9.90. The van der Waals surface area contributed by atoms with Crippen molar-refractivity contribution in [1.29, 1.82) is 0 Å². The second kappa shape index (κ2) is 19.0. The quantitative estimate of drug-likeness (QED) is 0.0529. The van der Waals surface area contributed by atoms with E-state index in [1.165, 1.54) is 6.08 Å². The van der Waals surface area contributed by atoms with Crippen molar-refractivity contribution >= 4 is 11.8 Å². The molecule has 8 heteroatoms. The number of ketones is 1. The molecular formula is C36H64O8. The average Bonchev–Trinajstić information content (AvgIpc) is 3.32. The highest BCUT2D eigenvalue weighted by Gasteiger charge is 2.41. The number of aliphatic hydroxyl groups excluding tert-OH is 4. The summed E-state index contributed by atoms with van der Waals surface area (Å²) in [7, 11) is 0. The van der Waals surface area contributed by atoms with E-state index >= 15 is 0 Å². The van der Waals surface area contributed by atoms with Crippen LogP contribution in [-0.2, 0) is 14.3 Å². The Hall–Kier alpha value is -1.74. The number of aliphatic carboxylic acids is 1. The molecule has 0 amide bonds. The van der Waals surface area contributed by atoms with Gasteiger partial charge in [0.2, 0.25) is 0 Å². The summed E-state index contributed by atoms with van der Waals surface area (Å²) in [6.45, 7) is 17.5. The molecule has 1 aliphatic rings. The van der Waals surface area contributed by atoms with Crippen LogP contribution in [0.3, 0.4) is 0 Å². The van der Waals surface area contributed by atoms with Crippen LogP contribution in [0.1, 0.15) is 120 Å². The van der Waals surface area contributed by atoms with Gasteiger partial charge in [-0.2, -0.15) is 0 Å². The summed E-state index contributed by atoms with van der Waals surface area (Å²) in [4.78, 5) is 23.6. The summed E-state index contributed by atoms with van der Waals surface area (Å²) in [5.74, 6) is -0.776. The summed E-state index contributed by atoms with van der Waals surface area (Å²) in [5, 5.41) is 51.2. The van der Waals surface area contributed by atoms with Crippen LogP contribution in [0.4, 0.5) is 0 Å². The molecule has 1 rings (SSSR count). The van der Waals surface area contributed by atoms with E-state index in [1.807, 2.05) is 53.7 Å². The lowest BCUT2D eigenvalue weighted by Gasteiger charge is -2.31. The molecule has 44 heavy (non-hydrogen) atoms. The second-order valence-corrected chi connectivity index (χ2v) is 14.7. The fraction of sp³-hybridized carbons (Fsp3) is 0.833. The van der Waals surface area contributed by atoms with Crippen molar-refractivity contribution in [2.75, 3.05) is 0 Å². The Morgan fingerprint density at radius 2 is 1.50 bits per heavy atom. The monoisotopic (exact) mass is 624 g/mol. The topological polar surface area (TPSA) is 145 Å². The first-order valence-electron chi connectivity index (χ1n) is 16.9. The first-order valence-corrected chi connectivity index (χ1v) is 16.9. The molecule has 0 aromatic carbocycles. The van der Waals surface area contributed by atoms with Crippen LogP contribution in [0.15, 0.2) is 24.0 Å². The number of carboxylic acid groups (broad SMARTS) is 1. The van der Waals surface area contributed by atoms with Gasteiger partial charge in [-0.1, -0.05) is 60.6 Å². The summed E-state index contributed by atoms with van der Waals surface area (Å²) >= 11 is 0. The molecule has 5 N–H and O–H groups in total. The van der Waals surface area contributed by atoms with E-state index < -0.39 is 29.9 Å². The van der Waals surface area contributed by atoms with Gasteiger partial charge in [-0.15, -0.1) is 0 Å². The van der Waals surface area contributed by atoms with Crippen LogP contribution in [0.5, 0.6) is 0 Å². The third kappa shape index (κ3) is 14.1. The molecule has 1 saturated heterocycles. The highest BCUT2D eigenvalue weighted by molar-refractivity contribution is 5.91. The molecule has 0 saturated carbocycles. The van der Waals surface area contributed by atoms with E-state index in [2.05, 4.69) is 13.8 Å². The number of carbonyl (C=O) groups is 2. The van der Waals surface area contributed by atoms with Crippen molar-refractivity contribution in [3.63, 3.8) is 0 Å². The van der Waals surface area contributed by atoms with Crippen LogP contribution < -0.4 is 0 Å².